The fourth-order valence-electron chi connectivity index (χ4n) is 3.15. The van der Waals surface area contributed by atoms with Crippen molar-refractivity contribution in [3.8, 4) is 0 Å². The first-order chi connectivity index (χ1) is 12.4. The van der Waals surface area contributed by atoms with Gasteiger partial charge in [-0.05, 0) is 53.1 Å². The molecule has 1 fully saturated rings. The maximum Gasteiger partial charge on any atom is 0.304 e. The molecule has 0 aromatic heterocycles. The van der Waals surface area contributed by atoms with Gasteiger partial charge in [0.2, 0.25) is 0 Å². The minimum absolute atomic E-state index is 0.149. The molecule has 0 aromatic carbocycles. The minimum Gasteiger partial charge on any atom is -0.481 e. The molecule has 152 valence electrons. The standard InChI is InChI=1S/C18H36N4O4/c1-19-7-3-9-21(11-5-17(23)24)15-16-22(12-6-18(25)26)10-4-8-20(2)14-13-19/h3-16H2,1-2H3,(H,23,24)(H,25,26). The molecule has 1 aliphatic rings. The lowest BCUT2D eigenvalue weighted by Crippen LogP contribution is -2.40. The summed E-state index contributed by atoms with van der Waals surface area (Å²) in [5.74, 6) is -1.54. The Morgan fingerprint density at radius 3 is 1.38 bits per heavy atom. The third kappa shape index (κ3) is 11.4. The van der Waals surface area contributed by atoms with Gasteiger partial charge in [-0.2, -0.15) is 0 Å². The van der Waals surface area contributed by atoms with Crippen LogP contribution in [0.4, 0.5) is 0 Å². The van der Waals surface area contributed by atoms with Gasteiger partial charge in [0, 0.05) is 39.3 Å². The van der Waals surface area contributed by atoms with Gasteiger partial charge in [-0.1, -0.05) is 0 Å². The maximum absolute atomic E-state index is 10.9. The summed E-state index contributed by atoms with van der Waals surface area (Å²) in [5, 5.41) is 17.9. The van der Waals surface area contributed by atoms with Gasteiger partial charge < -0.3 is 29.8 Å². The highest BCUT2D eigenvalue weighted by molar-refractivity contribution is 5.67. The van der Waals surface area contributed by atoms with E-state index in [1.807, 2.05) is 0 Å². The molecule has 0 aliphatic carbocycles. The van der Waals surface area contributed by atoms with Crippen molar-refractivity contribution >= 4 is 11.9 Å². The van der Waals surface area contributed by atoms with Gasteiger partial charge in [0.05, 0.1) is 12.8 Å². The number of likely N-dealkylation sites (N-methyl/N-ethyl adjacent to an activating group) is 2. The summed E-state index contributed by atoms with van der Waals surface area (Å²) < 4.78 is 0. The molecule has 8 heteroatoms. The Morgan fingerprint density at radius 2 is 1.04 bits per heavy atom. The molecular formula is C18H36N4O4. The number of hydrogen-bond acceptors (Lipinski definition) is 6. The van der Waals surface area contributed by atoms with E-state index in [2.05, 4.69) is 33.7 Å². The Morgan fingerprint density at radius 1 is 0.654 bits per heavy atom. The summed E-state index contributed by atoms with van der Waals surface area (Å²) in [4.78, 5) is 30.9. The van der Waals surface area contributed by atoms with Crippen LogP contribution in [0.2, 0.25) is 0 Å². The van der Waals surface area contributed by atoms with E-state index >= 15 is 0 Å². The molecular weight excluding hydrogens is 336 g/mol. The van der Waals surface area contributed by atoms with Crippen LogP contribution >= 0.6 is 0 Å². The van der Waals surface area contributed by atoms with E-state index in [0.29, 0.717) is 13.1 Å². The average molecular weight is 373 g/mol. The number of carbonyl (C=O) groups is 2. The van der Waals surface area contributed by atoms with Crippen LogP contribution in [0.5, 0.6) is 0 Å². The van der Waals surface area contributed by atoms with Crippen molar-refractivity contribution in [1.82, 2.24) is 19.6 Å². The van der Waals surface area contributed by atoms with E-state index in [9.17, 15) is 9.59 Å². The second kappa shape index (κ2) is 13.0. The Kier molecular flexibility index (Phi) is 11.4. The second-order valence-corrected chi connectivity index (χ2v) is 7.28. The molecule has 0 bridgehead atoms. The molecule has 0 aromatic rings. The Labute approximate surface area is 157 Å². The van der Waals surface area contributed by atoms with E-state index in [4.69, 9.17) is 10.2 Å². The summed E-state index contributed by atoms with van der Waals surface area (Å²) in [5.41, 5.74) is 0. The fraction of sp³-hybridized carbons (Fsp3) is 0.889. The smallest absolute Gasteiger partial charge is 0.304 e. The monoisotopic (exact) mass is 372 g/mol. The lowest BCUT2D eigenvalue weighted by Gasteiger charge is -2.29. The summed E-state index contributed by atoms with van der Waals surface area (Å²) in [7, 11) is 4.27. The van der Waals surface area contributed by atoms with Crippen molar-refractivity contribution in [3.63, 3.8) is 0 Å². The van der Waals surface area contributed by atoms with Crippen LogP contribution in [0.3, 0.4) is 0 Å². The number of aliphatic carboxylic acids is 2. The third-order valence-corrected chi connectivity index (χ3v) is 4.91. The van der Waals surface area contributed by atoms with E-state index < -0.39 is 11.9 Å². The highest BCUT2D eigenvalue weighted by Gasteiger charge is 2.14. The zero-order chi connectivity index (χ0) is 19.4. The van der Waals surface area contributed by atoms with Gasteiger partial charge in [-0.25, -0.2) is 0 Å². The fourth-order valence-corrected chi connectivity index (χ4v) is 3.15. The summed E-state index contributed by atoms with van der Waals surface area (Å²) in [6.07, 6.45) is 2.31. The van der Waals surface area contributed by atoms with Gasteiger partial charge in [-0.15, -0.1) is 0 Å². The van der Waals surface area contributed by atoms with E-state index in [1.165, 1.54) is 0 Å². The van der Waals surface area contributed by atoms with E-state index in [0.717, 1.165) is 65.2 Å². The van der Waals surface area contributed by atoms with Crippen LogP contribution in [0.15, 0.2) is 0 Å². The molecule has 0 amide bonds. The van der Waals surface area contributed by atoms with Crippen molar-refractivity contribution in [2.45, 2.75) is 25.7 Å². The number of carboxylic acid groups (broad SMARTS) is 2. The molecule has 1 aliphatic heterocycles. The predicted octanol–water partition coefficient (Wildman–Crippen LogP) is 0.197. The zero-order valence-corrected chi connectivity index (χ0v) is 16.4. The van der Waals surface area contributed by atoms with Gasteiger partial charge in [0.15, 0.2) is 0 Å². The average Bonchev–Trinajstić information content (AvgIpc) is 2.57. The molecule has 1 saturated heterocycles. The first-order valence-corrected chi connectivity index (χ1v) is 9.62. The number of carboxylic acids is 2. The van der Waals surface area contributed by atoms with Crippen molar-refractivity contribution in [3.05, 3.63) is 0 Å². The lowest BCUT2D eigenvalue weighted by molar-refractivity contribution is -0.138. The van der Waals surface area contributed by atoms with E-state index in [1.54, 1.807) is 0 Å². The lowest BCUT2D eigenvalue weighted by atomic mass is 10.2. The Hall–Kier alpha value is -1.22. The van der Waals surface area contributed by atoms with Crippen LogP contribution in [0.25, 0.3) is 0 Å². The molecule has 0 atom stereocenters. The maximum atomic E-state index is 10.9. The molecule has 0 saturated carbocycles. The van der Waals surface area contributed by atoms with Crippen LogP contribution in [0.1, 0.15) is 25.7 Å². The van der Waals surface area contributed by atoms with Crippen molar-refractivity contribution in [2.75, 3.05) is 79.5 Å². The Bertz CT molecular complexity index is 384. The molecule has 2 N–H and O–H groups in total. The molecule has 1 heterocycles. The first-order valence-electron chi connectivity index (χ1n) is 9.62. The Balaban J connectivity index is 2.63. The largest absolute Gasteiger partial charge is 0.481 e. The van der Waals surface area contributed by atoms with Crippen molar-refractivity contribution in [1.29, 1.82) is 0 Å². The number of nitrogens with zero attached hydrogens (tertiary/aromatic N) is 4. The topological polar surface area (TPSA) is 87.6 Å². The molecule has 0 radical (unpaired) electrons. The quantitative estimate of drug-likeness (QED) is 0.684. The normalized spacial score (nSPS) is 21.3. The van der Waals surface area contributed by atoms with Crippen molar-refractivity contribution < 1.29 is 19.8 Å². The minimum atomic E-state index is -0.771. The molecule has 26 heavy (non-hydrogen) atoms. The van der Waals surface area contributed by atoms with Crippen LogP contribution < -0.4 is 0 Å². The SMILES string of the molecule is CN1CCCN(CCC(=O)O)CCN(CCC(=O)O)CCCN(C)CC1. The highest BCUT2D eigenvalue weighted by Crippen LogP contribution is 2.02. The van der Waals surface area contributed by atoms with Crippen LogP contribution in [-0.4, -0.2) is 121 Å². The van der Waals surface area contributed by atoms with Crippen molar-refractivity contribution in [2.24, 2.45) is 0 Å². The number of hydrogen-bond donors (Lipinski definition) is 2. The number of rotatable bonds is 6. The van der Waals surface area contributed by atoms with Gasteiger partial charge >= 0.3 is 11.9 Å². The van der Waals surface area contributed by atoms with Gasteiger partial charge in [0.1, 0.15) is 0 Å². The van der Waals surface area contributed by atoms with Crippen LogP contribution in [0, 0.1) is 0 Å². The summed E-state index contributed by atoms with van der Waals surface area (Å²) in [6, 6.07) is 0. The van der Waals surface area contributed by atoms with Gasteiger partial charge in [-0.3, -0.25) is 9.59 Å². The molecule has 1 rings (SSSR count). The molecule has 0 spiro atoms. The second-order valence-electron chi connectivity index (χ2n) is 7.28. The molecule has 0 unspecified atom stereocenters. The van der Waals surface area contributed by atoms with E-state index in [-0.39, 0.29) is 12.8 Å². The van der Waals surface area contributed by atoms with Gasteiger partial charge in [0.25, 0.3) is 0 Å². The first kappa shape index (κ1) is 22.8. The molecule has 8 nitrogen and oxygen atoms in total. The predicted molar refractivity (Wildman–Crippen MR) is 102 cm³/mol. The zero-order valence-electron chi connectivity index (χ0n) is 16.4. The summed E-state index contributed by atoms with van der Waals surface area (Å²) >= 11 is 0. The third-order valence-electron chi connectivity index (χ3n) is 4.91. The van der Waals surface area contributed by atoms with Crippen LogP contribution in [-0.2, 0) is 9.59 Å². The highest BCUT2D eigenvalue weighted by atomic mass is 16.4. The summed E-state index contributed by atoms with van der Waals surface area (Å²) in [6.45, 7) is 8.46.